The molecular formula is C15H17BrN2O5. The molecule has 0 N–H and O–H groups in total. The molecule has 0 bridgehead atoms. The number of aryl methyl sites for hydroxylation is 1. The van der Waals surface area contributed by atoms with Crippen LogP contribution in [0.15, 0.2) is 21.1 Å². The number of nitrogens with zero attached hydrogens (tertiary/aromatic N) is 2. The molecule has 0 unspecified atom stereocenters. The lowest BCUT2D eigenvalue weighted by molar-refractivity contribution is 0.0429. The second-order valence-electron chi connectivity index (χ2n) is 4.65. The zero-order valence-corrected chi connectivity index (χ0v) is 14.7. The molecular weight excluding hydrogens is 368 g/mol. The van der Waals surface area contributed by atoms with Gasteiger partial charge < -0.3 is 18.7 Å². The summed E-state index contributed by atoms with van der Waals surface area (Å²) in [5, 5.41) is 3.63. The van der Waals surface area contributed by atoms with Crippen LogP contribution in [0.3, 0.4) is 0 Å². The SMILES string of the molecule is CCCOc1c(Br)cc(C(=O)OCc2nc(C)no2)cc1OC. The van der Waals surface area contributed by atoms with Crippen molar-refractivity contribution in [1.82, 2.24) is 10.1 Å². The van der Waals surface area contributed by atoms with E-state index in [0.717, 1.165) is 6.42 Å². The summed E-state index contributed by atoms with van der Waals surface area (Å²) in [6, 6.07) is 3.19. The van der Waals surface area contributed by atoms with Gasteiger partial charge in [-0.25, -0.2) is 4.79 Å². The number of rotatable bonds is 7. The van der Waals surface area contributed by atoms with Crippen molar-refractivity contribution in [3.8, 4) is 11.5 Å². The van der Waals surface area contributed by atoms with Gasteiger partial charge in [-0.2, -0.15) is 4.98 Å². The summed E-state index contributed by atoms with van der Waals surface area (Å²) in [5.41, 5.74) is 0.328. The van der Waals surface area contributed by atoms with E-state index in [2.05, 4.69) is 26.1 Å². The van der Waals surface area contributed by atoms with E-state index in [9.17, 15) is 4.79 Å². The molecule has 23 heavy (non-hydrogen) atoms. The van der Waals surface area contributed by atoms with Crippen molar-refractivity contribution in [2.75, 3.05) is 13.7 Å². The lowest BCUT2D eigenvalue weighted by Gasteiger charge is -2.13. The Morgan fingerprint density at radius 1 is 1.39 bits per heavy atom. The van der Waals surface area contributed by atoms with E-state index in [-0.39, 0.29) is 12.5 Å². The Bertz CT molecular complexity index is 687. The molecule has 0 saturated heterocycles. The molecule has 1 heterocycles. The highest BCUT2D eigenvalue weighted by molar-refractivity contribution is 9.10. The molecule has 0 saturated carbocycles. The van der Waals surface area contributed by atoms with Gasteiger partial charge >= 0.3 is 5.97 Å². The monoisotopic (exact) mass is 384 g/mol. The standard InChI is InChI=1S/C15H17BrN2O5/c1-4-5-21-14-11(16)6-10(7-12(14)20-3)15(19)22-8-13-17-9(2)18-23-13/h6-7H,4-5,8H2,1-3H3. The first kappa shape index (κ1) is 17.3. The number of hydrogen-bond acceptors (Lipinski definition) is 7. The first-order chi connectivity index (χ1) is 11.0. The number of ether oxygens (including phenoxy) is 3. The van der Waals surface area contributed by atoms with Crippen LogP contribution in [0.2, 0.25) is 0 Å². The smallest absolute Gasteiger partial charge is 0.338 e. The van der Waals surface area contributed by atoms with Crippen LogP contribution >= 0.6 is 15.9 Å². The van der Waals surface area contributed by atoms with Crippen molar-refractivity contribution in [2.24, 2.45) is 0 Å². The van der Waals surface area contributed by atoms with Gasteiger partial charge in [-0.1, -0.05) is 12.1 Å². The summed E-state index contributed by atoms with van der Waals surface area (Å²) in [6.45, 7) is 4.15. The van der Waals surface area contributed by atoms with Crippen LogP contribution in [-0.2, 0) is 11.3 Å². The van der Waals surface area contributed by atoms with Crippen molar-refractivity contribution < 1.29 is 23.5 Å². The number of benzene rings is 1. The number of aromatic nitrogens is 2. The van der Waals surface area contributed by atoms with Gasteiger partial charge in [0.2, 0.25) is 0 Å². The zero-order chi connectivity index (χ0) is 16.8. The maximum Gasteiger partial charge on any atom is 0.338 e. The molecule has 7 nitrogen and oxygen atoms in total. The molecule has 0 radical (unpaired) electrons. The second-order valence-corrected chi connectivity index (χ2v) is 5.50. The fourth-order valence-corrected chi connectivity index (χ4v) is 2.35. The fourth-order valence-electron chi connectivity index (χ4n) is 1.79. The number of methoxy groups -OCH3 is 1. The molecule has 0 aliphatic carbocycles. The highest BCUT2D eigenvalue weighted by atomic mass is 79.9. The third kappa shape index (κ3) is 4.44. The van der Waals surface area contributed by atoms with Crippen molar-refractivity contribution in [3.05, 3.63) is 33.9 Å². The molecule has 0 fully saturated rings. The molecule has 2 rings (SSSR count). The van der Waals surface area contributed by atoms with Crippen molar-refractivity contribution >= 4 is 21.9 Å². The Morgan fingerprint density at radius 2 is 2.17 bits per heavy atom. The topological polar surface area (TPSA) is 83.7 Å². The van der Waals surface area contributed by atoms with Crippen molar-refractivity contribution in [3.63, 3.8) is 0 Å². The zero-order valence-electron chi connectivity index (χ0n) is 13.1. The van der Waals surface area contributed by atoms with Crippen LogP contribution in [0.4, 0.5) is 0 Å². The minimum Gasteiger partial charge on any atom is -0.493 e. The van der Waals surface area contributed by atoms with E-state index in [1.807, 2.05) is 6.92 Å². The number of halogens is 1. The maximum absolute atomic E-state index is 12.1. The highest BCUT2D eigenvalue weighted by Crippen LogP contribution is 2.37. The van der Waals surface area contributed by atoms with Gasteiger partial charge in [0, 0.05) is 0 Å². The summed E-state index contributed by atoms with van der Waals surface area (Å²) < 4.78 is 21.6. The summed E-state index contributed by atoms with van der Waals surface area (Å²) in [4.78, 5) is 16.1. The lowest BCUT2D eigenvalue weighted by atomic mass is 10.2. The molecule has 0 aliphatic heterocycles. The van der Waals surface area contributed by atoms with Crippen LogP contribution in [0.1, 0.15) is 35.4 Å². The Balaban J connectivity index is 2.12. The van der Waals surface area contributed by atoms with E-state index < -0.39 is 5.97 Å². The normalized spacial score (nSPS) is 10.4. The summed E-state index contributed by atoms with van der Waals surface area (Å²) in [5.74, 6) is 1.20. The number of carbonyl (C=O) groups excluding carboxylic acids is 1. The Hall–Kier alpha value is -2.09. The molecule has 0 atom stereocenters. The van der Waals surface area contributed by atoms with E-state index in [0.29, 0.717) is 34.0 Å². The quantitative estimate of drug-likeness (QED) is 0.677. The molecule has 0 spiro atoms. The van der Waals surface area contributed by atoms with Gasteiger partial charge in [0.25, 0.3) is 5.89 Å². The van der Waals surface area contributed by atoms with Crippen LogP contribution in [-0.4, -0.2) is 29.8 Å². The van der Waals surface area contributed by atoms with E-state index >= 15 is 0 Å². The maximum atomic E-state index is 12.1. The summed E-state index contributed by atoms with van der Waals surface area (Å²) >= 11 is 3.38. The molecule has 124 valence electrons. The predicted molar refractivity (Wildman–Crippen MR) is 84.6 cm³/mol. The van der Waals surface area contributed by atoms with Gasteiger partial charge in [0.05, 0.1) is 23.8 Å². The van der Waals surface area contributed by atoms with E-state index in [1.54, 1.807) is 19.1 Å². The first-order valence-corrected chi connectivity index (χ1v) is 7.81. The van der Waals surface area contributed by atoms with Crippen LogP contribution in [0.5, 0.6) is 11.5 Å². The molecule has 0 aliphatic rings. The Labute approximate surface area is 142 Å². The largest absolute Gasteiger partial charge is 0.493 e. The number of esters is 1. The number of hydrogen-bond donors (Lipinski definition) is 0. The molecule has 8 heteroatoms. The predicted octanol–water partition coefficient (Wildman–Crippen LogP) is 3.29. The van der Waals surface area contributed by atoms with Gasteiger partial charge in [-0.05, 0) is 41.4 Å². The molecule has 0 amide bonds. The highest BCUT2D eigenvalue weighted by Gasteiger charge is 2.17. The summed E-state index contributed by atoms with van der Waals surface area (Å²) in [6.07, 6.45) is 0.864. The van der Waals surface area contributed by atoms with Crippen LogP contribution in [0, 0.1) is 6.92 Å². The Morgan fingerprint density at radius 3 is 2.78 bits per heavy atom. The molecule has 1 aromatic heterocycles. The van der Waals surface area contributed by atoms with Crippen LogP contribution in [0.25, 0.3) is 0 Å². The molecule has 1 aromatic carbocycles. The van der Waals surface area contributed by atoms with E-state index in [4.69, 9.17) is 18.7 Å². The van der Waals surface area contributed by atoms with Crippen molar-refractivity contribution in [1.29, 1.82) is 0 Å². The van der Waals surface area contributed by atoms with Crippen LogP contribution < -0.4 is 9.47 Å². The average molecular weight is 385 g/mol. The third-order valence-electron chi connectivity index (χ3n) is 2.81. The first-order valence-electron chi connectivity index (χ1n) is 7.01. The third-order valence-corrected chi connectivity index (χ3v) is 3.40. The fraction of sp³-hybridized carbons (Fsp3) is 0.400. The van der Waals surface area contributed by atoms with Gasteiger partial charge in [0.15, 0.2) is 23.9 Å². The summed E-state index contributed by atoms with van der Waals surface area (Å²) in [7, 11) is 1.51. The van der Waals surface area contributed by atoms with Gasteiger partial charge in [-0.3, -0.25) is 0 Å². The Kier molecular flexibility index (Phi) is 5.97. The second kappa shape index (κ2) is 7.96. The minimum atomic E-state index is -0.526. The van der Waals surface area contributed by atoms with E-state index in [1.165, 1.54) is 7.11 Å². The minimum absolute atomic E-state index is 0.0896. The van der Waals surface area contributed by atoms with Crippen molar-refractivity contribution in [2.45, 2.75) is 26.9 Å². The van der Waals surface area contributed by atoms with Gasteiger partial charge in [-0.15, -0.1) is 0 Å². The van der Waals surface area contributed by atoms with Gasteiger partial charge in [0.1, 0.15) is 0 Å². The average Bonchev–Trinajstić information content (AvgIpc) is 2.96. The molecule has 2 aromatic rings. The number of carbonyl (C=O) groups is 1. The lowest BCUT2D eigenvalue weighted by Crippen LogP contribution is -2.07.